The number of amides is 1. The highest BCUT2D eigenvalue weighted by molar-refractivity contribution is 7.98. The average molecular weight is 358 g/mol. The van der Waals surface area contributed by atoms with Gasteiger partial charge in [-0.25, -0.2) is 0 Å². The lowest BCUT2D eigenvalue weighted by atomic mass is 10.1. The van der Waals surface area contributed by atoms with Gasteiger partial charge in [0.15, 0.2) is 6.10 Å². The summed E-state index contributed by atoms with van der Waals surface area (Å²) in [6, 6.07) is 14.4. The van der Waals surface area contributed by atoms with Crippen molar-refractivity contribution in [1.82, 2.24) is 5.32 Å². The van der Waals surface area contributed by atoms with Gasteiger partial charge in [-0.15, -0.1) is 0 Å². The lowest BCUT2D eigenvalue weighted by Crippen LogP contribution is -2.37. The molecule has 134 valence electrons. The number of carbonyl (C=O) groups excluding carboxylic acids is 1. The van der Waals surface area contributed by atoms with Crippen molar-refractivity contribution < 1.29 is 9.53 Å². The Morgan fingerprint density at radius 2 is 1.88 bits per heavy atom. The number of hydrogen-bond acceptors (Lipinski definition) is 3. The third-order valence-electron chi connectivity index (χ3n) is 4.07. The second kappa shape index (κ2) is 9.52. The Balaban J connectivity index is 1.70. The van der Waals surface area contributed by atoms with Crippen LogP contribution in [-0.4, -0.2) is 24.3 Å². The molecule has 3 nitrogen and oxygen atoms in total. The van der Waals surface area contributed by atoms with Crippen molar-refractivity contribution in [3.63, 3.8) is 0 Å². The molecule has 0 spiro atoms. The molecule has 4 heteroatoms. The number of nitrogens with one attached hydrogen (secondary N) is 1. The Hall–Kier alpha value is -1.94. The predicted molar refractivity (Wildman–Crippen MR) is 106 cm³/mol. The van der Waals surface area contributed by atoms with Crippen LogP contribution in [0.1, 0.15) is 29.2 Å². The standard InChI is InChI=1S/C21H27NO2S/c1-15-9-10-20(17(3)13-15)24-18(4)21(23)22-11-12-25-14-19-8-6-5-7-16(19)2/h5-10,13,18H,11-12,14H2,1-4H3,(H,22,23)/t18-/m0/s1. The summed E-state index contributed by atoms with van der Waals surface area (Å²) in [7, 11) is 0. The van der Waals surface area contributed by atoms with E-state index in [0.717, 1.165) is 22.8 Å². The normalized spacial score (nSPS) is 11.8. The summed E-state index contributed by atoms with van der Waals surface area (Å²) < 4.78 is 5.79. The van der Waals surface area contributed by atoms with Gasteiger partial charge >= 0.3 is 0 Å². The van der Waals surface area contributed by atoms with E-state index in [2.05, 4.69) is 42.6 Å². The first-order chi connectivity index (χ1) is 12.0. The molecule has 0 heterocycles. The molecule has 0 aliphatic carbocycles. The van der Waals surface area contributed by atoms with Gasteiger partial charge < -0.3 is 10.1 Å². The van der Waals surface area contributed by atoms with E-state index in [-0.39, 0.29) is 5.91 Å². The number of ether oxygens (including phenoxy) is 1. The first-order valence-electron chi connectivity index (χ1n) is 8.61. The molecule has 0 fully saturated rings. The van der Waals surface area contributed by atoms with Crippen LogP contribution in [0.4, 0.5) is 0 Å². The fourth-order valence-corrected chi connectivity index (χ4v) is 3.45. The highest BCUT2D eigenvalue weighted by Crippen LogP contribution is 2.20. The van der Waals surface area contributed by atoms with E-state index >= 15 is 0 Å². The van der Waals surface area contributed by atoms with Crippen LogP contribution in [0.25, 0.3) is 0 Å². The second-order valence-electron chi connectivity index (χ2n) is 6.30. The van der Waals surface area contributed by atoms with Crippen LogP contribution in [0.5, 0.6) is 5.75 Å². The van der Waals surface area contributed by atoms with Crippen molar-refractivity contribution in [2.45, 2.75) is 39.6 Å². The monoisotopic (exact) mass is 357 g/mol. The lowest BCUT2D eigenvalue weighted by Gasteiger charge is -2.16. The van der Waals surface area contributed by atoms with Gasteiger partial charge in [-0.2, -0.15) is 11.8 Å². The van der Waals surface area contributed by atoms with Crippen molar-refractivity contribution in [1.29, 1.82) is 0 Å². The molecular weight excluding hydrogens is 330 g/mol. The molecule has 1 amide bonds. The van der Waals surface area contributed by atoms with E-state index in [1.54, 1.807) is 6.92 Å². The number of benzene rings is 2. The maximum atomic E-state index is 12.2. The van der Waals surface area contributed by atoms with E-state index < -0.39 is 6.10 Å². The zero-order valence-corrected chi connectivity index (χ0v) is 16.3. The van der Waals surface area contributed by atoms with Crippen LogP contribution in [0.2, 0.25) is 0 Å². The fraction of sp³-hybridized carbons (Fsp3) is 0.381. The Morgan fingerprint density at radius 3 is 2.60 bits per heavy atom. The highest BCUT2D eigenvalue weighted by Gasteiger charge is 2.15. The van der Waals surface area contributed by atoms with Crippen LogP contribution in [-0.2, 0) is 10.5 Å². The summed E-state index contributed by atoms with van der Waals surface area (Å²) in [5, 5.41) is 2.95. The van der Waals surface area contributed by atoms with Gasteiger partial charge in [0.1, 0.15) is 5.75 Å². The smallest absolute Gasteiger partial charge is 0.260 e. The van der Waals surface area contributed by atoms with Crippen molar-refractivity contribution in [3.05, 3.63) is 64.7 Å². The summed E-state index contributed by atoms with van der Waals surface area (Å²) in [6.07, 6.45) is -0.497. The summed E-state index contributed by atoms with van der Waals surface area (Å²) in [6.45, 7) is 8.60. The minimum Gasteiger partial charge on any atom is -0.481 e. The van der Waals surface area contributed by atoms with Crippen LogP contribution in [0, 0.1) is 20.8 Å². The molecule has 0 unspecified atom stereocenters. The number of thioether (sulfide) groups is 1. The Kier molecular flexibility index (Phi) is 7.38. The first-order valence-corrected chi connectivity index (χ1v) is 9.76. The quantitative estimate of drug-likeness (QED) is 0.710. The molecular formula is C21H27NO2S. The van der Waals surface area contributed by atoms with Gasteiger partial charge in [-0.3, -0.25) is 4.79 Å². The minimum atomic E-state index is -0.497. The molecule has 0 saturated heterocycles. The zero-order chi connectivity index (χ0) is 18.2. The number of rotatable bonds is 8. The van der Waals surface area contributed by atoms with Gasteiger partial charge in [0.2, 0.25) is 0 Å². The van der Waals surface area contributed by atoms with Gasteiger partial charge in [0.25, 0.3) is 5.91 Å². The van der Waals surface area contributed by atoms with E-state index in [9.17, 15) is 4.79 Å². The highest BCUT2D eigenvalue weighted by atomic mass is 32.2. The van der Waals surface area contributed by atoms with Gasteiger partial charge in [0.05, 0.1) is 0 Å². The van der Waals surface area contributed by atoms with E-state index in [1.165, 1.54) is 16.7 Å². The van der Waals surface area contributed by atoms with Crippen molar-refractivity contribution in [2.75, 3.05) is 12.3 Å². The maximum absolute atomic E-state index is 12.2. The maximum Gasteiger partial charge on any atom is 0.260 e. The molecule has 25 heavy (non-hydrogen) atoms. The van der Waals surface area contributed by atoms with E-state index in [4.69, 9.17) is 4.74 Å². The Labute approximate surface area is 155 Å². The largest absolute Gasteiger partial charge is 0.481 e. The molecule has 2 aromatic rings. The van der Waals surface area contributed by atoms with Gasteiger partial charge in [-0.05, 0) is 50.5 Å². The van der Waals surface area contributed by atoms with Gasteiger partial charge in [-0.1, -0.05) is 42.0 Å². The summed E-state index contributed by atoms with van der Waals surface area (Å²) >= 11 is 1.83. The summed E-state index contributed by atoms with van der Waals surface area (Å²) in [4.78, 5) is 12.2. The molecule has 0 saturated carbocycles. The topological polar surface area (TPSA) is 38.3 Å². The van der Waals surface area contributed by atoms with Crippen LogP contribution in [0.15, 0.2) is 42.5 Å². The van der Waals surface area contributed by atoms with Crippen molar-refractivity contribution >= 4 is 17.7 Å². The fourth-order valence-electron chi connectivity index (χ4n) is 2.52. The van der Waals surface area contributed by atoms with Crippen LogP contribution < -0.4 is 10.1 Å². The third kappa shape index (κ3) is 6.13. The second-order valence-corrected chi connectivity index (χ2v) is 7.40. The molecule has 0 radical (unpaired) electrons. The van der Waals surface area contributed by atoms with E-state index in [1.807, 2.05) is 37.7 Å². The van der Waals surface area contributed by atoms with Gasteiger partial charge in [0, 0.05) is 18.1 Å². The van der Waals surface area contributed by atoms with E-state index in [0.29, 0.717) is 6.54 Å². The summed E-state index contributed by atoms with van der Waals surface area (Å²) in [5.74, 6) is 2.55. The molecule has 1 N–H and O–H groups in total. The molecule has 0 aliphatic heterocycles. The molecule has 2 rings (SSSR count). The molecule has 0 aromatic heterocycles. The average Bonchev–Trinajstić information content (AvgIpc) is 2.58. The van der Waals surface area contributed by atoms with Crippen LogP contribution in [0.3, 0.4) is 0 Å². The molecule has 2 aromatic carbocycles. The molecule has 1 atom stereocenters. The Bertz CT molecular complexity index is 715. The third-order valence-corrected chi connectivity index (χ3v) is 5.08. The van der Waals surface area contributed by atoms with Crippen molar-refractivity contribution in [3.8, 4) is 5.75 Å². The predicted octanol–water partition coefficient (Wildman–Crippen LogP) is 4.43. The minimum absolute atomic E-state index is 0.0727. The number of carbonyl (C=O) groups is 1. The summed E-state index contributed by atoms with van der Waals surface area (Å²) in [5.41, 5.74) is 4.90. The number of aryl methyl sites for hydroxylation is 3. The van der Waals surface area contributed by atoms with Crippen molar-refractivity contribution in [2.24, 2.45) is 0 Å². The zero-order valence-electron chi connectivity index (χ0n) is 15.5. The lowest BCUT2D eigenvalue weighted by molar-refractivity contribution is -0.127. The van der Waals surface area contributed by atoms with Crippen LogP contribution >= 0.6 is 11.8 Å². The SMILES string of the molecule is Cc1ccc(O[C@@H](C)C(=O)NCCSCc2ccccc2C)c(C)c1. The number of hydrogen-bond donors (Lipinski definition) is 1. The Morgan fingerprint density at radius 1 is 1.12 bits per heavy atom. The molecule has 0 bridgehead atoms. The molecule has 0 aliphatic rings. The first kappa shape index (κ1) is 19.4.